The van der Waals surface area contributed by atoms with E-state index in [9.17, 15) is 13.2 Å². The molecule has 0 radical (unpaired) electrons. The molecule has 7 nitrogen and oxygen atoms in total. The maximum absolute atomic E-state index is 12.4. The first-order chi connectivity index (χ1) is 11.8. The fraction of sp³-hybridized carbons (Fsp3) is 0.500. The molecule has 1 amide bonds. The zero-order valence-corrected chi connectivity index (χ0v) is 17.1. The third-order valence-corrected chi connectivity index (χ3v) is 7.69. The number of carbonyl (C=O) groups is 1. The minimum atomic E-state index is -3.74. The van der Waals surface area contributed by atoms with E-state index in [-0.39, 0.29) is 10.8 Å². The molecule has 0 aliphatic carbocycles. The fourth-order valence-electron chi connectivity index (χ4n) is 1.97. The summed E-state index contributed by atoms with van der Waals surface area (Å²) in [5, 5.41) is 11.8. The number of carbonyl (C=O) groups excluding carboxylic acids is 1. The van der Waals surface area contributed by atoms with E-state index >= 15 is 0 Å². The quantitative estimate of drug-likeness (QED) is 0.626. The molecule has 1 N–H and O–H groups in total. The Bertz CT molecular complexity index is 819. The summed E-state index contributed by atoms with van der Waals surface area (Å²) in [6.45, 7) is 1.81. The maximum Gasteiger partial charge on any atom is 0.252 e. The standard InChI is InChI=1S/C14H19ClN4O3S3/c1-3-4-5-6-12-17-18-14(24-12)16-11(20)9-19(2)25(21,22)13-8-7-10(15)23-13/h7-8H,3-6,9H2,1-2H3,(H,16,18,20). The number of nitrogens with zero attached hydrogens (tertiary/aromatic N) is 3. The second kappa shape index (κ2) is 9.04. The molecular formula is C14H19ClN4O3S3. The van der Waals surface area contributed by atoms with Gasteiger partial charge in [-0.1, -0.05) is 42.7 Å². The van der Waals surface area contributed by atoms with Crippen LogP contribution in [0.1, 0.15) is 31.2 Å². The van der Waals surface area contributed by atoms with Crippen LogP contribution in [-0.2, 0) is 21.2 Å². The smallest absolute Gasteiger partial charge is 0.252 e. The number of sulfonamides is 1. The van der Waals surface area contributed by atoms with Crippen LogP contribution >= 0.6 is 34.3 Å². The van der Waals surface area contributed by atoms with Crippen molar-refractivity contribution in [2.45, 2.75) is 36.8 Å². The number of likely N-dealkylation sites (N-methyl/N-ethyl adjacent to an activating group) is 1. The highest BCUT2D eigenvalue weighted by Gasteiger charge is 2.25. The van der Waals surface area contributed by atoms with Gasteiger partial charge in [-0.15, -0.1) is 21.5 Å². The summed E-state index contributed by atoms with van der Waals surface area (Å²) in [6, 6.07) is 2.93. The van der Waals surface area contributed by atoms with Crippen molar-refractivity contribution < 1.29 is 13.2 Å². The molecule has 138 valence electrons. The number of aryl methyl sites for hydroxylation is 1. The van der Waals surface area contributed by atoms with Gasteiger partial charge in [0, 0.05) is 13.5 Å². The van der Waals surface area contributed by atoms with Gasteiger partial charge < -0.3 is 0 Å². The van der Waals surface area contributed by atoms with Crippen LogP contribution in [0.25, 0.3) is 0 Å². The summed E-state index contributed by atoms with van der Waals surface area (Å²) in [5.74, 6) is -0.468. The van der Waals surface area contributed by atoms with Gasteiger partial charge in [0.15, 0.2) is 0 Å². The molecule has 0 saturated carbocycles. The van der Waals surface area contributed by atoms with Crippen molar-refractivity contribution >= 4 is 55.3 Å². The highest BCUT2D eigenvalue weighted by Crippen LogP contribution is 2.27. The van der Waals surface area contributed by atoms with Crippen molar-refractivity contribution in [2.75, 3.05) is 18.9 Å². The lowest BCUT2D eigenvalue weighted by Crippen LogP contribution is -2.34. The summed E-state index contributed by atoms with van der Waals surface area (Å²) in [5.41, 5.74) is 0. The number of amides is 1. The monoisotopic (exact) mass is 422 g/mol. The number of hydrogen-bond donors (Lipinski definition) is 1. The first-order valence-corrected chi connectivity index (χ1v) is 11.1. The molecular weight excluding hydrogens is 404 g/mol. The van der Waals surface area contributed by atoms with Crippen LogP contribution in [0.3, 0.4) is 0 Å². The summed E-state index contributed by atoms with van der Waals surface area (Å²) in [4.78, 5) is 12.1. The predicted octanol–water partition coefficient (Wildman–Crippen LogP) is 3.24. The SMILES string of the molecule is CCCCCc1nnc(NC(=O)CN(C)S(=O)(=O)c2ccc(Cl)s2)s1. The minimum Gasteiger partial charge on any atom is -0.299 e. The Labute approximate surface area is 160 Å². The van der Waals surface area contributed by atoms with Gasteiger partial charge in [0.2, 0.25) is 11.0 Å². The van der Waals surface area contributed by atoms with Crippen molar-refractivity contribution in [3.8, 4) is 0 Å². The summed E-state index contributed by atoms with van der Waals surface area (Å²) in [6.07, 6.45) is 4.10. The van der Waals surface area contributed by atoms with E-state index in [4.69, 9.17) is 11.6 Å². The molecule has 0 fully saturated rings. The van der Waals surface area contributed by atoms with Gasteiger partial charge in [-0.25, -0.2) is 8.42 Å². The Morgan fingerprint density at radius 1 is 1.28 bits per heavy atom. The number of anilines is 1. The van der Waals surface area contributed by atoms with Crippen LogP contribution in [-0.4, -0.2) is 42.4 Å². The lowest BCUT2D eigenvalue weighted by Gasteiger charge is -2.14. The van der Waals surface area contributed by atoms with E-state index < -0.39 is 15.9 Å². The maximum atomic E-state index is 12.4. The first kappa shape index (κ1) is 20.2. The summed E-state index contributed by atoms with van der Waals surface area (Å²) < 4.78 is 26.2. The second-order valence-corrected chi connectivity index (χ2v) is 10.4. The summed E-state index contributed by atoms with van der Waals surface area (Å²) >= 11 is 8.03. The molecule has 0 aromatic carbocycles. The number of hydrogen-bond acceptors (Lipinski definition) is 7. The lowest BCUT2D eigenvalue weighted by atomic mass is 10.2. The minimum absolute atomic E-state index is 0.0990. The Balaban J connectivity index is 1.91. The van der Waals surface area contributed by atoms with Crippen molar-refractivity contribution in [1.82, 2.24) is 14.5 Å². The van der Waals surface area contributed by atoms with Crippen LogP contribution in [0.2, 0.25) is 4.34 Å². The molecule has 0 aliphatic rings. The van der Waals surface area contributed by atoms with E-state index in [1.54, 1.807) is 0 Å². The number of unbranched alkanes of at least 4 members (excludes halogenated alkanes) is 2. The third-order valence-electron chi connectivity index (χ3n) is 3.29. The Hall–Kier alpha value is -1.07. The molecule has 2 rings (SSSR count). The zero-order valence-electron chi connectivity index (χ0n) is 13.9. The van der Waals surface area contributed by atoms with E-state index in [2.05, 4.69) is 22.4 Å². The molecule has 0 spiro atoms. The Morgan fingerprint density at radius 3 is 2.68 bits per heavy atom. The second-order valence-electron chi connectivity index (χ2n) is 5.33. The van der Waals surface area contributed by atoms with E-state index in [0.29, 0.717) is 9.47 Å². The molecule has 2 heterocycles. The van der Waals surface area contributed by atoms with Gasteiger partial charge >= 0.3 is 0 Å². The predicted molar refractivity (Wildman–Crippen MR) is 101 cm³/mol. The van der Waals surface area contributed by atoms with Crippen molar-refractivity contribution in [3.63, 3.8) is 0 Å². The molecule has 2 aromatic heterocycles. The van der Waals surface area contributed by atoms with Gasteiger partial charge in [-0.05, 0) is 18.6 Å². The van der Waals surface area contributed by atoms with Gasteiger partial charge in [-0.3, -0.25) is 10.1 Å². The number of rotatable bonds is 9. The van der Waals surface area contributed by atoms with Crippen LogP contribution in [0.4, 0.5) is 5.13 Å². The van der Waals surface area contributed by atoms with E-state index in [0.717, 1.165) is 46.3 Å². The van der Waals surface area contributed by atoms with Crippen molar-refractivity contribution in [3.05, 3.63) is 21.5 Å². The fourth-order valence-corrected chi connectivity index (χ4v) is 5.59. The van der Waals surface area contributed by atoms with E-state index in [1.807, 2.05) is 0 Å². The van der Waals surface area contributed by atoms with Gasteiger partial charge in [-0.2, -0.15) is 4.31 Å². The zero-order chi connectivity index (χ0) is 18.4. The van der Waals surface area contributed by atoms with Crippen LogP contribution in [0.15, 0.2) is 16.3 Å². The lowest BCUT2D eigenvalue weighted by molar-refractivity contribution is -0.116. The number of thiophene rings is 1. The molecule has 2 aromatic rings. The van der Waals surface area contributed by atoms with Gasteiger partial charge in [0.25, 0.3) is 10.0 Å². The molecule has 0 bridgehead atoms. The van der Waals surface area contributed by atoms with Crippen LogP contribution < -0.4 is 5.32 Å². The van der Waals surface area contributed by atoms with Gasteiger partial charge in [0.05, 0.1) is 10.9 Å². The van der Waals surface area contributed by atoms with Crippen LogP contribution in [0, 0.1) is 0 Å². The van der Waals surface area contributed by atoms with Crippen molar-refractivity contribution in [2.24, 2.45) is 0 Å². The number of halogens is 1. The van der Waals surface area contributed by atoms with Crippen molar-refractivity contribution in [1.29, 1.82) is 0 Å². The normalized spacial score (nSPS) is 11.8. The molecule has 11 heteroatoms. The van der Waals surface area contributed by atoms with E-state index in [1.165, 1.54) is 30.5 Å². The molecule has 0 saturated heterocycles. The topological polar surface area (TPSA) is 92.3 Å². The Morgan fingerprint density at radius 2 is 2.04 bits per heavy atom. The largest absolute Gasteiger partial charge is 0.299 e. The molecule has 25 heavy (non-hydrogen) atoms. The number of aromatic nitrogens is 2. The summed E-state index contributed by atoms with van der Waals surface area (Å²) in [7, 11) is -2.40. The highest BCUT2D eigenvalue weighted by atomic mass is 35.5. The number of nitrogens with one attached hydrogen (secondary N) is 1. The first-order valence-electron chi connectivity index (χ1n) is 7.67. The molecule has 0 unspecified atom stereocenters. The highest BCUT2D eigenvalue weighted by molar-refractivity contribution is 7.91. The third kappa shape index (κ3) is 5.71. The average molecular weight is 423 g/mol. The van der Waals surface area contributed by atoms with Crippen LogP contribution in [0.5, 0.6) is 0 Å². The van der Waals surface area contributed by atoms with Gasteiger partial charge in [0.1, 0.15) is 9.22 Å². The Kier molecular flexibility index (Phi) is 7.32. The average Bonchev–Trinajstić information content (AvgIpc) is 3.17. The molecule has 0 atom stereocenters. The molecule has 0 aliphatic heterocycles.